The van der Waals surface area contributed by atoms with E-state index in [0.717, 1.165) is 9.13 Å². The summed E-state index contributed by atoms with van der Waals surface area (Å²) in [5.74, 6) is -0.341. The third kappa shape index (κ3) is 5.49. The zero-order valence-electron chi connectivity index (χ0n) is 13.6. The SMILES string of the molecule is C=CCC(=O)N(CC=C)C(C(=O)NC(C)C)c1ccccc1I. The van der Waals surface area contributed by atoms with Gasteiger partial charge < -0.3 is 10.2 Å². The van der Waals surface area contributed by atoms with Crippen molar-refractivity contribution in [3.63, 3.8) is 0 Å². The molecule has 2 amide bonds. The number of rotatable bonds is 8. The molecule has 1 unspecified atom stereocenters. The number of nitrogens with zero attached hydrogens (tertiary/aromatic N) is 1. The third-order valence-corrected chi connectivity index (χ3v) is 4.14. The standard InChI is InChI=1S/C18H23IN2O2/c1-5-9-16(22)21(12-6-2)17(18(23)20-13(3)4)14-10-7-8-11-15(14)19/h5-8,10-11,13,17H,1-2,9,12H2,3-4H3,(H,20,23). The molecule has 0 aliphatic rings. The Hall–Kier alpha value is -1.63. The molecule has 5 heteroatoms. The Morgan fingerprint density at radius 2 is 1.91 bits per heavy atom. The van der Waals surface area contributed by atoms with Crippen molar-refractivity contribution in [3.8, 4) is 0 Å². The molecule has 124 valence electrons. The van der Waals surface area contributed by atoms with Gasteiger partial charge in [-0.3, -0.25) is 9.59 Å². The summed E-state index contributed by atoms with van der Waals surface area (Å²) < 4.78 is 0.939. The van der Waals surface area contributed by atoms with Crippen LogP contribution >= 0.6 is 22.6 Å². The Kier molecular flexibility index (Phi) is 8.02. The molecule has 0 saturated carbocycles. The minimum Gasteiger partial charge on any atom is -0.352 e. The van der Waals surface area contributed by atoms with Crippen molar-refractivity contribution >= 4 is 34.4 Å². The van der Waals surface area contributed by atoms with E-state index in [1.165, 1.54) is 0 Å². The highest BCUT2D eigenvalue weighted by molar-refractivity contribution is 14.1. The summed E-state index contributed by atoms with van der Waals surface area (Å²) in [6.07, 6.45) is 3.36. The van der Waals surface area contributed by atoms with Crippen LogP contribution in [0.1, 0.15) is 31.9 Å². The summed E-state index contributed by atoms with van der Waals surface area (Å²) in [6.45, 7) is 11.4. The lowest BCUT2D eigenvalue weighted by Crippen LogP contribution is -2.45. The summed E-state index contributed by atoms with van der Waals surface area (Å²) in [6, 6.07) is 6.89. The average Bonchev–Trinajstić information content (AvgIpc) is 2.48. The molecule has 0 heterocycles. The molecular formula is C18H23IN2O2. The quantitative estimate of drug-likeness (QED) is 0.512. The van der Waals surface area contributed by atoms with Crippen LogP contribution in [0.4, 0.5) is 0 Å². The van der Waals surface area contributed by atoms with Gasteiger partial charge in [-0.05, 0) is 48.1 Å². The molecule has 0 aromatic heterocycles. The first-order valence-electron chi connectivity index (χ1n) is 7.48. The highest BCUT2D eigenvalue weighted by Crippen LogP contribution is 2.26. The second-order valence-corrected chi connectivity index (χ2v) is 6.58. The fraction of sp³-hybridized carbons (Fsp3) is 0.333. The lowest BCUT2D eigenvalue weighted by atomic mass is 10.0. The fourth-order valence-corrected chi connectivity index (χ4v) is 2.92. The van der Waals surface area contributed by atoms with Crippen LogP contribution in [0.5, 0.6) is 0 Å². The molecule has 1 N–H and O–H groups in total. The van der Waals surface area contributed by atoms with E-state index in [2.05, 4.69) is 41.1 Å². The smallest absolute Gasteiger partial charge is 0.247 e. The van der Waals surface area contributed by atoms with E-state index in [-0.39, 0.29) is 24.3 Å². The van der Waals surface area contributed by atoms with Crippen molar-refractivity contribution in [2.45, 2.75) is 32.4 Å². The van der Waals surface area contributed by atoms with Gasteiger partial charge in [0.25, 0.3) is 0 Å². The molecule has 1 rings (SSSR count). The summed E-state index contributed by atoms with van der Waals surface area (Å²) >= 11 is 2.19. The Balaban J connectivity index is 3.32. The van der Waals surface area contributed by atoms with Gasteiger partial charge in [-0.1, -0.05) is 30.4 Å². The Labute approximate surface area is 151 Å². The highest BCUT2D eigenvalue weighted by atomic mass is 127. The number of hydrogen-bond donors (Lipinski definition) is 1. The van der Waals surface area contributed by atoms with Crippen LogP contribution in [0.3, 0.4) is 0 Å². The molecule has 0 radical (unpaired) electrons. The monoisotopic (exact) mass is 426 g/mol. The van der Waals surface area contributed by atoms with Gasteiger partial charge in [0.1, 0.15) is 6.04 Å². The van der Waals surface area contributed by atoms with Gasteiger partial charge in [0, 0.05) is 22.6 Å². The molecule has 0 aliphatic carbocycles. The lowest BCUT2D eigenvalue weighted by molar-refractivity contribution is -0.139. The normalized spacial score (nSPS) is 11.7. The number of halogens is 1. The van der Waals surface area contributed by atoms with E-state index < -0.39 is 6.04 Å². The second kappa shape index (κ2) is 9.50. The van der Waals surface area contributed by atoms with Gasteiger partial charge in [0.2, 0.25) is 11.8 Å². The number of benzene rings is 1. The fourth-order valence-electron chi connectivity index (χ4n) is 2.24. The summed E-state index contributed by atoms with van der Waals surface area (Å²) in [7, 11) is 0. The molecule has 1 aromatic rings. The zero-order chi connectivity index (χ0) is 17.4. The Morgan fingerprint density at radius 3 is 2.43 bits per heavy atom. The predicted molar refractivity (Wildman–Crippen MR) is 102 cm³/mol. The lowest BCUT2D eigenvalue weighted by Gasteiger charge is -2.31. The van der Waals surface area contributed by atoms with Crippen molar-refractivity contribution in [2.75, 3.05) is 6.54 Å². The van der Waals surface area contributed by atoms with Crippen LogP contribution in [0.25, 0.3) is 0 Å². The van der Waals surface area contributed by atoms with E-state index in [0.29, 0.717) is 6.54 Å². The summed E-state index contributed by atoms with van der Waals surface area (Å²) in [4.78, 5) is 26.8. The van der Waals surface area contributed by atoms with Gasteiger partial charge >= 0.3 is 0 Å². The van der Waals surface area contributed by atoms with E-state index in [9.17, 15) is 9.59 Å². The van der Waals surface area contributed by atoms with Gasteiger partial charge in [0.15, 0.2) is 0 Å². The van der Waals surface area contributed by atoms with Crippen LogP contribution in [0.2, 0.25) is 0 Å². The number of carbonyl (C=O) groups is 2. The van der Waals surface area contributed by atoms with Gasteiger partial charge in [-0.25, -0.2) is 0 Å². The second-order valence-electron chi connectivity index (χ2n) is 5.41. The molecule has 1 aromatic carbocycles. The van der Waals surface area contributed by atoms with Crippen LogP contribution in [0.15, 0.2) is 49.6 Å². The highest BCUT2D eigenvalue weighted by Gasteiger charge is 2.31. The van der Waals surface area contributed by atoms with E-state index in [1.807, 2.05) is 38.1 Å². The van der Waals surface area contributed by atoms with Crippen molar-refractivity contribution in [1.29, 1.82) is 0 Å². The predicted octanol–water partition coefficient (Wildman–Crippen LogP) is 3.45. The zero-order valence-corrected chi connectivity index (χ0v) is 15.7. The molecular weight excluding hydrogens is 403 g/mol. The van der Waals surface area contributed by atoms with Crippen LogP contribution in [-0.2, 0) is 9.59 Å². The summed E-state index contributed by atoms with van der Waals surface area (Å²) in [5.41, 5.74) is 0.811. The maximum absolute atomic E-state index is 12.8. The maximum Gasteiger partial charge on any atom is 0.247 e. The Bertz CT molecular complexity index is 584. The van der Waals surface area contributed by atoms with Crippen LogP contribution < -0.4 is 5.32 Å². The molecule has 0 aliphatic heterocycles. The van der Waals surface area contributed by atoms with Crippen molar-refractivity contribution in [3.05, 3.63) is 58.7 Å². The van der Waals surface area contributed by atoms with Gasteiger partial charge in [0.05, 0.1) is 0 Å². The van der Waals surface area contributed by atoms with Crippen LogP contribution in [-0.4, -0.2) is 29.3 Å². The Morgan fingerprint density at radius 1 is 1.26 bits per heavy atom. The number of carbonyl (C=O) groups excluding carboxylic acids is 2. The molecule has 0 saturated heterocycles. The molecule has 1 atom stereocenters. The van der Waals surface area contributed by atoms with Gasteiger partial charge in [-0.2, -0.15) is 0 Å². The molecule has 0 bridgehead atoms. The minimum absolute atomic E-state index is 0.00791. The molecule has 23 heavy (non-hydrogen) atoms. The van der Waals surface area contributed by atoms with Crippen LogP contribution in [0, 0.1) is 3.57 Å². The first-order valence-corrected chi connectivity index (χ1v) is 8.56. The first-order chi connectivity index (χ1) is 10.9. The maximum atomic E-state index is 12.8. The topological polar surface area (TPSA) is 49.4 Å². The van der Waals surface area contributed by atoms with Crippen molar-refractivity contribution in [1.82, 2.24) is 10.2 Å². The van der Waals surface area contributed by atoms with E-state index in [4.69, 9.17) is 0 Å². The summed E-state index contributed by atoms with van der Waals surface area (Å²) in [5, 5.41) is 2.91. The van der Waals surface area contributed by atoms with Crippen molar-refractivity contribution in [2.24, 2.45) is 0 Å². The van der Waals surface area contributed by atoms with E-state index in [1.54, 1.807) is 17.1 Å². The number of nitrogens with one attached hydrogen (secondary N) is 1. The largest absolute Gasteiger partial charge is 0.352 e. The average molecular weight is 426 g/mol. The number of hydrogen-bond acceptors (Lipinski definition) is 2. The van der Waals surface area contributed by atoms with Crippen molar-refractivity contribution < 1.29 is 9.59 Å². The first kappa shape index (κ1) is 19.4. The molecule has 0 fully saturated rings. The number of amides is 2. The minimum atomic E-state index is -0.684. The van der Waals surface area contributed by atoms with E-state index >= 15 is 0 Å². The third-order valence-electron chi connectivity index (χ3n) is 3.16. The molecule has 0 spiro atoms. The van der Waals surface area contributed by atoms with Gasteiger partial charge in [-0.15, -0.1) is 13.2 Å². The molecule has 4 nitrogen and oxygen atoms in total.